The summed E-state index contributed by atoms with van der Waals surface area (Å²) in [6, 6.07) is 7.53. The molecule has 0 aromatic heterocycles. The van der Waals surface area contributed by atoms with Crippen molar-refractivity contribution in [2.24, 2.45) is 0 Å². The highest BCUT2D eigenvalue weighted by atomic mass is 35.5. The van der Waals surface area contributed by atoms with Gasteiger partial charge in [-0.1, -0.05) is 29.3 Å². The van der Waals surface area contributed by atoms with E-state index in [0.29, 0.717) is 16.0 Å². The Labute approximate surface area is 106 Å². The molecule has 1 N–H and O–H groups in total. The van der Waals surface area contributed by atoms with Gasteiger partial charge in [0.15, 0.2) is 0 Å². The quantitative estimate of drug-likeness (QED) is 0.801. The molecule has 2 bridgehead atoms. The van der Waals surface area contributed by atoms with E-state index < -0.39 is 0 Å². The number of fused-ring (bicyclic) bond motifs is 2. The first-order valence-electron chi connectivity index (χ1n) is 5.93. The molecule has 2 aliphatic rings. The largest absolute Gasteiger partial charge is 0.311 e. The fourth-order valence-corrected chi connectivity index (χ4v) is 3.40. The summed E-state index contributed by atoms with van der Waals surface area (Å²) in [5, 5.41) is 5.00. The van der Waals surface area contributed by atoms with Crippen LogP contribution in [0.25, 0.3) is 0 Å². The van der Waals surface area contributed by atoms with Gasteiger partial charge in [-0.05, 0) is 49.3 Å². The summed E-state index contributed by atoms with van der Waals surface area (Å²) in [5.41, 5.74) is 1.35. The van der Waals surface area contributed by atoms with E-state index in [-0.39, 0.29) is 0 Å². The van der Waals surface area contributed by atoms with Crippen LogP contribution in [-0.4, -0.2) is 12.1 Å². The molecule has 86 valence electrons. The summed E-state index contributed by atoms with van der Waals surface area (Å²) in [5.74, 6) is 0.661. The number of piperidine rings is 1. The van der Waals surface area contributed by atoms with Crippen LogP contribution in [0.4, 0.5) is 0 Å². The Morgan fingerprint density at radius 1 is 1.00 bits per heavy atom. The minimum Gasteiger partial charge on any atom is -0.311 e. The molecular weight excluding hydrogens is 241 g/mol. The van der Waals surface area contributed by atoms with Gasteiger partial charge in [0, 0.05) is 12.1 Å². The first-order valence-corrected chi connectivity index (χ1v) is 6.69. The van der Waals surface area contributed by atoms with Crippen molar-refractivity contribution < 1.29 is 0 Å². The number of benzene rings is 1. The van der Waals surface area contributed by atoms with Crippen molar-refractivity contribution in [3.8, 4) is 0 Å². The van der Waals surface area contributed by atoms with Crippen LogP contribution in [0.2, 0.25) is 10.0 Å². The van der Waals surface area contributed by atoms with E-state index in [0.717, 1.165) is 12.1 Å². The second-order valence-electron chi connectivity index (χ2n) is 4.98. The lowest BCUT2D eigenvalue weighted by Gasteiger charge is -2.29. The Hall–Kier alpha value is -0.240. The van der Waals surface area contributed by atoms with Crippen molar-refractivity contribution in [3.63, 3.8) is 0 Å². The molecule has 1 aromatic rings. The lowest BCUT2D eigenvalue weighted by molar-refractivity contribution is 0.363. The molecule has 0 saturated carbocycles. The van der Waals surface area contributed by atoms with Gasteiger partial charge in [0.2, 0.25) is 0 Å². The predicted molar refractivity (Wildman–Crippen MR) is 68.4 cm³/mol. The number of hydrogen-bond donors (Lipinski definition) is 1. The predicted octanol–water partition coefficient (Wildman–Crippen LogP) is 3.99. The molecule has 16 heavy (non-hydrogen) atoms. The third kappa shape index (κ3) is 1.97. The Morgan fingerprint density at radius 3 is 2.31 bits per heavy atom. The van der Waals surface area contributed by atoms with Gasteiger partial charge in [0.05, 0.1) is 10.0 Å². The Kier molecular flexibility index (Phi) is 2.87. The fourth-order valence-electron chi connectivity index (χ4n) is 3.10. The van der Waals surface area contributed by atoms with E-state index >= 15 is 0 Å². The van der Waals surface area contributed by atoms with Crippen molar-refractivity contribution in [2.75, 3.05) is 0 Å². The standard InChI is InChI=1S/C13H15Cl2N/c14-12-4-1-8(7-13(12)15)9-5-10-2-3-11(6-9)16-10/h1,4,7,9-11,16H,2-3,5-6H2/t9-,10-,11+. The molecule has 2 saturated heterocycles. The number of hydrogen-bond acceptors (Lipinski definition) is 1. The maximum absolute atomic E-state index is 6.07. The van der Waals surface area contributed by atoms with Crippen LogP contribution in [0.3, 0.4) is 0 Å². The second kappa shape index (κ2) is 4.21. The zero-order valence-corrected chi connectivity index (χ0v) is 10.6. The van der Waals surface area contributed by atoms with Crippen LogP contribution < -0.4 is 5.32 Å². The van der Waals surface area contributed by atoms with Gasteiger partial charge < -0.3 is 5.32 Å². The van der Waals surface area contributed by atoms with Crippen LogP contribution in [0.5, 0.6) is 0 Å². The molecule has 1 aromatic carbocycles. The number of rotatable bonds is 1. The van der Waals surface area contributed by atoms with E-state index in [9.17, 15) is 0 Å². The smallest absolute Gasteiger partial charge is 0.0595 e. The van der Waals surface area contributed by atoms with E-state index in [1.54, 1.807) is 0 Å². The molecule has 0 aliphatic carbocycles. The minimum absolute atomic E-state index is 0.655. The van der Waals surface area contributed by atoms with Crippen LogP contribution in [0, 0.1) is 0 Å². The second-order valence-corrected chi connectivity index (χ2v) is 5.79. The molecule has 2 aliphatic heterocycles. The lowest BCUT2D eigenvalue weighted by Crippen LogP contribution is -2.37. The molecule has 1 nitrogen and oxygen atoms in total. The van der Waals surface area contributed by atoms with Gasteiger partial charge in [-0.2, -0.15) is 0 Å². The number of nitrogens with one attached hydrogen (secondary N) is 1. The van der Waals surface area contributed by atoms with Gasteiger partial charge in [-0.3, -0.25) is 0 Å². The Morgan fingerprint density at radius 2 is 1.69 bits per heavy atom. The van der Waals surface area contributed by atoms with Gasteiger partial charge in [-0.15, -0.1) is 0 Å². The molecule has 3 atom stereocenters. The van der Waals surface area contributed by atoms with Gasteiger partial charge in [0.25, 0.3) is 0 Å². The van der Waals surface area contributed by atoms with E-state index in [4.69, 9.17) is 23.2 Å². The number of halogens is 2. The lowest BCUT2D eigenvalue weighted by atomic mass is 9.86. The highest BCUT2D eigenvalue weighted by Gasteiger charge is 2.33. The normalized spacial score (nSPS) is 33.0. The summed E-state index contributed by atoms with van der Waals surface area (Å²) in [6.45, 7) is 0. The van der Waals surface area contributed by atoms with E-state index in [1.165, 1.54) is 31.2 Å². The minimum atomic E-state index is 0.655. The zero-order chi connectivity index (χ0) is 11.1. The van der Waals surface area contributed by atoms with Crippen LogP contribution >= 0.6 is 23.2 Å². The SMILES string of the molecule is Clc1ccc([C@@H]2C[C@H]3CC[C@@H](C2)N3)cc1Cl. The van der Waals surface area contributed by atoms with E-state index in [2.05, 4.69) is 11.4 Å². The average Bonchev–Trinajstić information content (AvgIpc) is 2.62. The summed E-state index contributed by atoms with van der Waals surface area (Å²) >= 11 is 12.0. The van der Waals surface area contributed by atoms with Crippen LogP contribution in [-0.2, 0) is 0 Å². The molecule has 2 heterocycles. The molecule has 0 unspecified atom stereocenters. The fraction of sp³-hybridized carbons (Fsp3) is 0.538. The van der Waals surface area contributed by atoms with Gasteiger partial charge in [0.1, 0.15) is 0 Å². The Bertz CT molecular complexity index is 393. The van der Waals surface area contributed by atoms with Crippen molar-refractivity contribution in [2.45, 2.75) is 43.7 Å². The molecule has 2 fully saturated rings. The molecule has 0 radical (unpaired) electrons. The summed E-state index contributed by atoms with van der Waals surface area (Å²) in [6.07, 6.45) is 5.16. The molecule has 3 rings (SSSR count). The monoisotopic (exact) mass is 255 g/mol. The maximum atomic E-state index is 6.07. The topological polar surface area (TPSA) is 12.0 Å². The summed E-state index contributed by atoms with van der Waals surface area (Å²) < 4.78 is 0. The zero-order valence-electron chi connectivity index (χ0n) is 9.05. The van der Waals surface area contributed by atoms with Crippen molar-refractivity contribution in [1.29, 1.82) is 0 Å². The van der Waals surface area contributed by atoms with E-state index in [1.807, 2.05) is 12.1 Å². The first-order chi connectivity index (χ1) is 7.72. The molecule has 0 amide bonds. The molecular formula is C13H15Cl2N. The third-order valence-electron chi connectivity index (χ3n) is 3.89. The van der Waals surface area contributed by atoms with Crippen molar-refractivity contribution in [1.82, 2.24) is 5.32 Å². The Balaban J connectivity index is 1.84. The van der Waals surface area contributed by atoms with Crippen molar-refractivity contribution in [3.05, 3.63) is 33.8 Å². The van der Waals surface area contributed by atoms with Crippen molar-refractivity contribution >= 4 is 23.2 Å². The molecule has 3 heteroatoms. The maximum Gasteiger partial charge on any atom is 0.0595 e. The third-order valence-corrected chi connectivity index (χ3v) is 4.63. The molecule has 0 spiro atoms. The summed E-state index contributed by atoms with van der Waals surface area (Å²) in [4.78, 5) is 0. The highest BCUT2D eigenvalue weighted by molar-refractivity contribution is 6.42. The highest BCUT2D eigenvalue weighted by Crippen LogP contribution is 2.38. The van der Waals surface area contributed by atoms with Gasteiger partial charge in [-0.25, -0.2) is 0 Å². The average molecular weight is 256 g/mol. The van der Waals surface area contributed by atoms with Gasteiger partial charge >= 0.3 is 0 Å². The van der Waals surface area contributed by atoms with Crippen LogP contribution in [0.15, 0.2) is 18.2 Å². The first kappa shape index (κ1) is 10.9. The van der Waals surface area contributed by atoms with Crippen LogP contribution in [0.1, 0.15) is 37.2 Å². The summed E-state index contributed by atoms with van der Waals surface area (Å²) in [7, 11) is 0.